The standard InChI is InChI=1S/C12H18O4/c1-3-4-10(13)15-9-7-8-5-6-12(9,2)16-11(8)14/h8-9H,3-7H2,1-2H3. The summed E-state index contributed by atoms with van der Waals surface area (Å²) in [6.07, 6.45) is 3.26. The van der Waals surface area contributed by atoms with Gasteiger partial charge in [0.25, 0.3) is 0 Å². The molecule has 0 radical (unpaired) electrons. The maximum absolute atomic E-state index is 11.5. The molecule has 2 aliphatic heterocycles. The number of rotatable bonds is 3. The Kier molecular flexibility index (Phi) is 2.91. The van der Waals surface area contributed by atoms with Crippen molar-refractivity contribution in [3.8, 4) is 0 Å². The number of fused-ring (bicyclic) bond motifs is 3. The quantitative estimate of drug-likeness (QED) is 0.689. The third kappa shape index (κ3) is 1.93. The molecule has 4 nitrogen and oxygen atoms in total. The molecule has 0 amide bonds. The van der Waals surface area contributed by atoms with Crippen molar-refractivity contribution in [1.82, 2.24) is 0 Å². The van der Waals surface area contributed by atoms with Gasteiger partial charge in [0, 0.05) is 12.8 Å². The van der Waals surface area contributed by atoms with Crippen LogP contribution < -0.4 is 0 Å². The lowest BCUT2D eigenvalue weighted by Crippen LogP contribution is -2.57. The maximum Gasteiger partial charge on any atom is 0.309 e. The van der Waals surface area contributed by atoms with E-state index in [1.165, 1.54) is 0 Å². The summed E-state index contributed by atoms with van der Waals surface area (Å²) in [4.78, 5) is 22.9. The predicted molar refractivity (Wildman–Crippen MR) is 56.6 cm³/mol. The highest BCUT2D eigenvalue weighted by atomic mass is 16.6. The van der Waals surface area contributed by atoms with Gasteiger partial charge in [0.05, 0.1) is 5.92 Å². The van der Waals surface area contributed by atoms with E-state index in [4.69, 9.17) is 9.47 Å². The topological polar surface area (TPSA) is 52.6 Å². The van der Waals surface area contributed by atoms with Gasteiger partial charge in [-0.1, -0.05) is 6.92 Å². The van der Waals surface area contributed by atoms with Crippen molar-refractivity contribution in [2.24, 2.45) is 5.92 Å². The molecule has 0 aromatic carbocycles. The van der Waals surface area contributed by atoms with Crippen LogP contribution in [0.5, 0.6) is 0 Å². The molecule has 1 aliphatic carbocycles. The second kappa shape index (κ2) is 4.07. The Bertz CT molecular complexity index is 312. The molecule has 1 saturated carbocycles. The Hall–Kier alpha value is -1.06. The zero-order valence-corrected chi connectivity index (χ0v) is 9.82. The molecule has 2 saturated heterocycles. The highest BCUT2D eigenvalue weighted by molar-refractivity contribution is 5.75. The summed E-state index contributed by atoms with van der Waals surface area (Å²) in [5, 5.41) is 0. The molecule has 0 spiro atoms. The summed E-state index contributed by atoms with van der Waals surface area (Å²) in [5.74, 6) is -0.380. The summed E-state index contributed by atoms with van der Waals surface area (Å²) in [5.41, 5.74) is -0.588. The lowest BCUT2D eigenvalue weighted by Gasteiger charge is -2.47. The third-order valence-electron chi connectivity index (χ3n) is 3.56. The second-order valence-electron chi connectivity index (χ2n) is 4.93. The molecule has 3 fully saturated rings. The highest BCUT2D eigenvalue weighted by Gasteiger charge is 2.52. The van der Waals surface area contributed by atoms with Crippen LogP contribution in [0.25, 0.3) is 0 Å². The Balaban J connectivity index is 2.01. The van der Waals surface area contributed by atoms with E-state index in [1.807, 2.05) is 13.8 Å². The Morgan fingerprint density at radius 2 is 2.38 bits per heavy atom. The highest BCUT2D eigenvalue weighted by Crippen LogP contribution is 2.43. The van der Waals surface area contributed by atoms with E-state index in [0.717, 1.165) is 19.3 Å². The first-order valence-electron chi connectivity index (χ1n) is 5.97. The van der Waals surface area contributed by atoms with Gasteiger partial charge in [0.15, 0.2) is 0 Å². The molecular formula is C12H18O4. The fourth-order valence-electron chi connectivity index (χ4n) is 2.49. The van der Waals surface area contributed by atoms with Crippen LogP contribution in [-0.2, 0) is 19.1 Å². The lowest BCUT2D eigenvalue weighted by atomic mass is 9.74. The van der Waals surface area contributed by atoms with E-state index in [9.17, 15) is 9.59 Å². The molecule has 16 heavy (non-hydrogen) atoms. The van der Waals surface area contributed by atoms with Gasteiger partial charge in [-0.3, -0.25) is 9.59 Å². The van der Waals surface area contributed by atoms with Crippen molar-refractivity contribution < 1.29 is 19.1 Å². The molecular weight excluding hydrogens is 208 g/mol. The van der Waals surface area contributed by atoms with Crippen molar-refractivity contribution in [1.29, 1.82) is 0 Å². The average Bonchev–Trinajstić information content (AvgIpc) is 2.20. The molecule has 2 bridgehead atoms. The molecule has 4 heteroatoms. The van der Waals surface area contributed by atoms with E-state index in [1.54, 1.807) is 0 Å². The monoisotopic (exact) mass is 226 g/mol. The zero-order valence-electron chi connectivity index (χ0n) is 9.82. The minimum atomic E-state index is -0.588. The van der Waals surface area contributed by atoms with Crippen molar-refractivity contribution >= 4 is 11.9 Å². The third-order valence-corrected chi connectivity index (χ3v) is 3.56. The van der Waals surface area contributed by atoms with Crippen molar-refractivity contribution in [3.05, 3.63) is 0 Å². The number of esters is 2. The second-order valence-corrected chi connectivity index (χ2v) is 4.93. The number of carbonyl (C=O) groups excluding carboxylic acids is 2. The minimum Gasteiger partial charge on any atom is -0.458 e. The fraction of sp³-hybridized carbons (Fsp3) is 0.833. The van der Waals surface area contributed by atoms with Crippen molar-refractivity contribution in [2.45, 2.75) is 57.7 Å². The molecule has 90 valence electrons. The summed E-state index contributed by atoms with van der Waals surface area (Å²) >= 11 is 0. The molecule has 3 unspecified atom stereocenters. The molecule has 3 rings (SSSR count). The van der Waals surface area contributed by atoms with Crippen LogP contribution in [0.1, 0.15) is 46.0 Å². The van der Waals surface area contributed by atoms with Gasteiger partial charge in [0.1, 0.15) is 11.7 Å². The van der Waals surface area contributed by atoms with Crippen LogP contribution in [-0.4, -0.2) is 23.6 Å². The van der Waals surface area contributed by atoms with Crippen LogP contribution in [0.2, 0.25) is 0 Å². The first kappa shape index (κ1) is 11.4. The Morgan fingerprint density at radius 1 is 1.62 bits per heavy atom. The lowest BCUT2D eigenvalue weighted by molar-refractivity contribution is -0.218. The Labute approximate surface area is 95.3 Å². The van der Waals surface area contributed by atoms with Gasteiger partial charge in [-0.15, -0.1) is 0 Å². The van der Waals surface area contributed by atoms with E-state index in [-0.39, 0.29) is 24.0 Å². The van der Waals surface area contributed by atoms with E-state index in [0.29, 0.717) is 12.8 Å². The van der Waals surface area contributed by atoms with Crippen LogP contribution in [0.3, 0.4) is 0 Å². The van der Waals surface area contributed by atoms with Crippen LogP contribution in [0.15, 0.2) is 0 Å². The van der Waals surface area contributed by atoms with Crippen molar-refractivity contribution in [3.63, 3.8) is 0 Å². The normalized spacial score (nSPS) is 37.0. The number of hydrogen-bond acceptors (Lipinski definition) is 4. The number of carbonyl (C=O) groups is 2. The van der Waals surface area contributed by atoms with E-state index < -0.39 is 5.60 Å². The Morgan fingerprint density at radius 3 is 2.94 bits per heavy atom. The van der Waals surface area contributed by atoms with E-state index in [2.05, 4.69) is 0 Å². The molecule has 0 N–H and O–H groups in total. The summed E-state index contributed by atoms with van der Waals surface area (Å²) in [6, 6.07) is 0. The summed E-state index contributed by atoms with van der Waals surface area (Å²) < 4.78 is 10.7. The van der Waals surface area contributed by atoms with Gasteiger partial charge >= 0.3 is 11.9 Å². The van der Waals surface area contributed by atoms with Gasteiger partial charge in [0.2, 0.25) is 0 Å². The van der Waals surface area contributed by atoms with Crippen LogP contribution >= 0.6 is 0 Å². The molecule has 0 aromatic heterocycles. The van der Waals surface area contributed by atoms with Gasteiger partial charge in [-0.25, -0.2) is 0 Å². The van der Waals surface area contributed by atoms with Crippen molar-refractivity contribution in [2.75, 3.05) is 0 Å². The SMILES string of the molecule is CCCC(=O)OC1CC2CCC1(C)OC2=O. The summed E-state index contributed by atoms with van der Waals surface area (Å²) in [7, 11) is 0. The van der Waals surface area contributed by atoms with Crippen LogP contribution in [0.4, 0.5) is 0 Å². The molecule has 2 heterocycles. The minimum absolute atomic E-state index is 0.0683. The van der Waals surface area contributed by atoms with Gasteiger partial charge in [-0.2, -0.15) is 0 Å². The van der Waals surface area contributed by atoms with E-state index >= 15 is 0 Å². The van der Waals surface area contributed by atoms with Crippen LogP contribution in [0, 0.1) is 5.92 Å². The zero-order chi connectivity index (χ0) is 11.8. The largest absolute Gasteiger partial charge is 0.458 e. The fourth-order valence-corrected chi connectivity index (χ4v) is 2.49. The maximum atomic E-state index is 11.5. The first-order valence-corrected chi connectivity index (χ1v) is 5.97. The smallest absolute Gasteiger partial charge is 0.309 e. The number of hydrogen-bond donors (Lipinski definition) is 0. The first-order chi connectivity index (χ1) is 7.55. The van der Waals surface area contributed by atoms with Gasteiger partial charge in [-0.05, 0) is 26.2 Å². The predicted octanol–water partition coefficient (Wildman–Crippen LogP) is 1.81. The molecule has 3 aliphatic rings. The molecule has 0 aromatic rings. The number of ether oxygens (including phenoxy) is 2. The molecule has 3 atom stereocenters. The average molecular weight is 226 g/mol. The summed E-state index contributed by atoms with van der Waals surface area (Å²) in [6.45, 7) is 3.81. The van der Waals surface area contributed by atoms with Gasteiger partial charge < -0.3 is 9.47 Å².